The van der Waals surface area contributed by atoms with Crippen LogP contribution in [0, 0.1) is 0 Å². The zero-order valence-electron chi connectivity index (χ0n) is 7.19. The molecule has 0 aliphatic heterocycles. The Bertz CT molecular complexity index is 156. The molecule has 0 rings (SSSR count). The van der Waals surface area contributed by atoms with Gasteiger partial charge in [0.2, 0.25) is 6.29 Å². The van der Waals surface area contributed by atoms with Crippen molar-refractivity contribution >= 4 is 5.97 Å². The monoisotopic (exact) mass is 173 g/mol. The third-order valence-electron chi connectivity index (χ3n) is 1.18. The van der Waals surface area contributed by atoms with E-state index >= 15 is 0 Å². The minimum Gasteiger partial charge on any atom is -0.433 e. The molecule has 0 aromatic carbocycles. The molecular formula is C8H15NO3. The highest BCUT2D eigenvalue weighted by Gasteiger charge is 2.05. The number of hydrogen-bond donors (Lipinski definition) is 2. The molecule has 4 nitrogen and oxygen atoms in total. The van der Waals surface area contributed by atoms with Crippen molar-refractivity contribution in [1.29, 1.82) is 0 Å². The molecule has 70 valence electrons. The summed E-state index contributed by atoms with van der Waals surface area (Å²) >= 11 is 0. The Morgan fingerprint density at radius 3 is 2.92 bits per heavy atom. The van der Waals surface area contributed by atoms with Gasteiger partial charge in [-0.3, -0.25) is 0 Å². The van der Waals surface area contributed by atoms with Crippen LogP contribution in [0.4, 0.5) is 0 Å². The smallest absolute Gasteiger partial charge is 0.332 e. The first-order valence-corrected chi connectivity index (χ1v) is 3.96. The van der Waals surface area contributed by atoms with Gasteiger partial charge in [0.1, 0.15) is 0 Å². The minimum atomic E-state index is -0.995. The van der Waals surface area contributed by atoms with E-state index in [0.717, 1.165) is 6.42 Å². The first-order chi connectivity index (χ1) is 5.70. The summed E-state index contributed by atoms with van der Waals surface area (Å²) in [4.78, 5) is 10.8. The predicted molar refractivity (Wildman–Crippen MR) is 45.2 cm³/mol. The number of carbonyl (C=O) groups excluding carboxylic acids is 1. The van der Waals surface area contributed by atoms with Crippen molar-refractivity contribution in [3.63, 3.8) is 0 Å². The molecule has 3 N–H and O–H groups in total. The summed E-state index contributed by atoms with van der Waals surface area (Å²) in [6.07, 6.45) is 2.92. The van der Waals surface area contributed by atoms with Crippen LogP contribution in [0.2, 0.25) is 0 Å². The lowest BCUT2D eigenvalue weighted by atomic mass is 10.3. The number of aliphatic hydroxyl groups excluding tert-OH is 1. The molecule has 0 aromatic rings. The van der Waals surface area contributed by atoms with E-state index in [4.69, 9.17) is 10.8 Å². The van der Waals surface area contributed by atoms with Gasteiger partial charge in [0, 0.05) is 19.0 Å². The molecule has 0 saturated carbocycles. The third kappa shape index (κ3) is 5.88. The van der Waals surface area contributed by atoms with E-state index < -0.39 is 12.3 Å². The molecule has 0 aliphatic carbocycles. The quantitative estimate of drug-likeness (QED) is 0.353. The summed E-state index contributed by atoms with van der Waals surface area (Å²) in [7, 11) is 0. The lowest BCUT2D eigenvalue weighted by molar-refractivity contribution is -0.162. The minimum absolute atomic E-state index is 0.291. The number of hydrogen-bond acceptors (Lipinski definition) is 4. The van der Waals surface area contributed by atoms with Crippen LogP contribution >= 0.6 is 0 Å². The van der Waals surface area contributed by atoms with Gasteiger partial charge in [0.15, 0.2) is 0 Å². The molecule has 0 fully saturated rings. The van der Waals surface area contributed by atoms with Crippen molar-refractivity contribution < 1.29 is 14.6 Å². The molecule has 4 heteroatoms. The van der Waals surface area contributed by atoms with Gasteiger partial charge in [0.25, 0.3) is 0 Å². The molecule has 0 aromatic heterocycles. The molecule has 1 atom stereocenters. The molecule has 0 bridgehead atoms. The Morgan fingerprint density at radius 1 is 1.75 bits per heavy atom. The maximum atomic E-state index is 10.8. The van der Waals surface area contributed by atoms with Crippen LogP contribution < -0.4 is 5.73 Å². The number of carbonyl (C=O) groups is 1. The Balaban J connectivity index is 3.61. The lowest BCUT2D eigenvalue weighted by Gasteiger charge is -2.08. The van der Waals surface area contributed by atoms with E-state index in [1.165, 1.54) is 12.2 Å². The van der Waals surface area contributed by atoms with Gasteiger partial charge < -0.3 is 15.6 Å². The second-order valence-corrected chi connectivity index (χ2v) is 2.32. The van der Waals surface area contributed by atoms with Gasteiger partial charge in [-0.15, -0.1) is 0 Å². The van der Waals surface area contributed by atoms with Gasteiger partial charge in [-0.1, -0.05) is 19.4 Å². The number of esters is 1. The molecule has 0 radical (unpaired) electrons. The number of ether oxygens (including phenoxy) is 1. The number of rotatable bonds is 5. The van der Waals surface area contributed by atoms with Crippen LogP contribution in [-0.4, -0.2) is 23.9 Å². The fourth-order valence-corrected chi connectivity index (χ4v) is 0.644. The lowest BCUT2D eigenvalue weighted by Crippen LogP contribution is -2.15. The molecule has 0 amide bonds. The van der Waals surface area contributed by atoms with Gasteiger partial charge >= 0.3 is 5.97 Å². The Labute approximate surface area is 72.0 Å². The summed E-state index contributed by atoms with van der Waals surface area (Å²) in [5, 5.41) is 9.01. The maximum Gasteiger partial charge on any atom is 0.332 e. The van der Waals surface area contributed by atoms with Crippen LogP contribution in [0.3, 0.4) is 0 Å². The van der Waals surface area contributed by atoms with Crippen molar-refractivity contribution in [2.75, 3.05) is 6.54 Å². The molecule has 0 aliphatic rings. The van der Waals surface area contributed by atoms with Crippen LogP contribution in [-0.2, 0) is 9.53 Å². The summed E-state index contributed by atoms with van der Waals surface area (Å²) < 4.78 is 4.57. The van der Waals surface area contributed by atoms with Gasteiger partial charge in [-0.2, -0.15) is 0 Å². The largest absolute Gasteiger partial charge is 0.433 e. The number of nitrogens with two attached hydrogens (primary N) is 1. The molecule has 1 unspecified atom stereocenters. The highest BCUT2D eigenvalue weighted by molar-refractivity contribution is 5.81. The van der Waals surface area contributed by atoms with E-state index in [2.05, 4.69) is 4.74 Å². The normalized spacial score (nSPS) is 13.2. The molecular weight excluding hydrogens is 158 g/mol. The van der Waals surface area contributed by atoms with Crippen LogP contribution in [0.5, 0.6) is 0 Å². The number of aliphatic hydroxyl groups is 1. The Hall–Kier alpha value is -0.870. The van der Waals surface area contributed by atoms with Crippen LogP contribution in [0.15, 0.2) is 12.2 Å². The van der Waals surface area contributed by atoms with Crippen molar-refractivity contribution in [2.24, 2.45) is 5.73 Å². The second-order valence-electron chi connectivity index (χ2n) is 2.32. The van der Waals surface area contributed by atoms with Crippen molar-refractivity contribution in [2.45, 2.75) is 26.1 Å². The third-order valence-corrected chi connectivity index (χ3v) is 1.18. The molecule has 0 heterocycles. The van der Waals surface area contributed by atoms with Crippen molar-refractivity contribution in [3.8, 4) is 0 Å². The van der Waals surface area contributed by atoms with Gasteiger partial charge in [-0.25, -0.2) is 4.79 Å². The van der Waals surface area contributed by atoms with Crippen molar-refractivity contribution in [1.82, 2.24) is 0 Å². The Morgan fingerprint density at radius 2 is 2.42 bits per heavy atom. The highest BCUT2D eigenvalue weighted by atomic mass is 16.6. The standard InChI is InChI=1S/C8H15NO3/c1-2-4-7(10)12-8(11)5-3-6-9/h3,5,7,10H,2,4,6,9H2,1H3/b5-3+. The van der Waals surface area contributed by atoms with Crippen molar-refractivity contribution in [3.05, 3.63) is 12.2 Å². The van der Waals surface area contributed by atoms with Gasteiger partial charge in [-0.05, 0) is 0 Å². The maximum absolute atomic E-state index is 10.8. The van der Waals surface area contributed by atoms with E-state index in [1.54, 1.807) is 0 Å². The van der Waals surface area contributed by atoms with E-state index in [1.807, 2.05) is 6.92 Å². The zero-order valence-corrected chi connectivity index (χ0v) is 7.19. The SMILES string of the molecule is CCCC(O)OC(=O)/C=C/CN. The predicted octanol–water partition coefficient (Wildman–Crippen LogP) is 0.163. The fourth-order valence-electron chi connectivity index (χ4n) is 0.644. The summed E-state index contributed by atoms with van der Waals surface area (Å²) in [6.45, 7) is 2.19. The van der Waals surface area contributed by atoms with E-state index in [0.29, 0.717) is 13.0 Å². The topological polar surface area (TPSA) is 72.5 Å². The zero-order chi connectivity index (χ0) is 9.40. The molecule has 12 heavy (non-hydrogen) atoms. The highest BCUT2D eigenvalue weighted by Crippen LogP contribution is 1.98. The van der Waals surface area contributed by atoms with Crippen LogP contribution in [0.25, 0.3) is 0 Å². The first kappa shape index (κ1) is 11.1. The van der Waals surface area contributed by atoms with Crippen LogP contribution in [0.1, 0.15) is 19.8 Å². The van der Waals surface area contributed by atoms with E-state index in [-0.39, 0.29) is 0 Å². The Kier molecular flexibility index (Phi) is 6.32. The average molecular weight is 173 g/mol. The molecule has 0 saturated heterocycles. The van der Waals surface area contributed by atoms with Gasteiger partial charge in [0.05, 0.1) is 0 Å². The average Bonchev–Trinajstić information content (AvgIpc) is 2.01. The van der Waals surface area contributed by atoms with E-state index in [9.17, 15) is 4.79 Å². The second kappa shape index (κ2) is 6.82. The fraction of sp³-hybridized carbons (Fsp3) is 0.625. The molecule has 0 spiro atoms. The summed E-state index contributed by atoms with van der Waals surface area (Å²) in [6, 6.07) is 0. The summed E-state index contributed by atoms with van der Waals surface area (Å²) in [5.74, 6) is -0.554. The summed E-state index contributed by atoms with van der Waals surface area (Å²) in [5.41, 5.74) is 5.11. The first-order valence-electron chi connectivity index (χ1n) is 3.96.